The van der Waals surface area contributed by atoms with E-state index >= 15 is 0 Å². The first kappa shape index (κ1) is 15.0. The number of rotatable bonds is 3. The van der Waals surface area contributed by atoms with Gasteiger partial charge in [-0.2, -0.15) is 4.98 Å². The predicted octanol–water partition coefficient (Wildman–Crippen LogP) is 3.12. The highest BCUT2D eigenvalue weighted by atomic mass is 35.5. The Morgan fingerprint density at radius 1 is 1.33 bits per heavy atom. The number of furan rings is 1. The summed E-state index contributed by atoms with van der Waals surface area (Å²) in [5, 5.41) is 3.40. The zero-order valence-electron chi connectivity index (χ0n) is 13.0. The van der Waals surface area contributed by atoms with Crippen molar-refractivity contribution < 1.29 is 9.21 Å². The van der Waals surface area contributed by atoms with Gasteiger partial charge in [-0.3, -0.25) is 4.79 Å². The van der Waals surface area contributed by atoms with E-state index in [0.717, 1.165) is 29.7 Å². The van der Waals surface area contributed by atoms with Crippen LogP contribution in [0.2, 0.25) is 5.28 Å². The van der Waals surface area contributed by atoms with Gasteiger partial charge in [-0.25, -0.2) is 4.98 Å². The first-order valence-corrected chi connectivity index (χ1v) is 8.01. The Morgan fingerprint density at radius 3 is 3.08 bits per heavy atom. The molecule has 1 aliphatic heterocycles. The first-order valence-electron chi connectivity index (χ1n) is 7.64. The van der Waals surface area contributed by atoms with Gasteiger partial charge in [0.05, 0.1) is 6.26 Å². The van der Waals surface area contributed by atoms with Crippen LogP contribution in [-0.2, 0) is 13.0 Å². The van der Waals surface area contributed by atoms with Gasteiger partial charge in [0.1, 0.15) is 5.52 Å². The summed E-state index contributed by atoms with van der Waals surface area (Å²) in [5.74, 6) is 0.638. The van der Waals surface area contributed by atoms with Crippen LogP contribution in [0.5, 0.6) is 0 Å². The lowest BCUT2D eigenvalue weighted by molar-refractivity contribution is 0.0781. The molecule has 6 nitrogen and oxygen atoms in total. The highest BCUT2D eigenvalue weighted by molar-refractivity contribution is 6.28. The van der Waals surface area contributed by atoms with E-state index in [4.69, 9.17) is 16.0 Å². The van der Waals surface area contributed by atoms with Crippen molar-refractivity contribution >= 4 is 34.4 Å². The Balaban J connectivity index is 1.58. The molecule has 0 radical (unpaired) electrons. The van der Waals surface area contributed by atoms with Crippen molar-refractivity contribution in [3.8, 4) is 0 Å². The highest BCUT2D eigenvalue weighted by Crippen LogP contribution is 2.24. The number of nitrogens with zero attached hydrogens (tertiary/aromatic N) is 3. The minimum absolute atomic E-state index is 0.0793. The van der Waals surface area contributed by atoms with E-state index in [1.807, 2.05) is 19.2 Å². The van der Waals surface area contributed by atoms with Crippen LogP contribution in [0.15, 0.2) is 34.9 Å². The summed E-state index contributed by atoms with van der Waals surface area (Å²) < 4.78 is 5.41. The molecule has 0 aliphatic carbocycles. The van der Waals surface area contributed by atoms with Crippen molar-refractivity contribution in [3.63, 3.8) is 0 Å². The van der Waals surface area contributed by atoms with Crippen molar-refractivity contribution in [1.29, 1.82) is 0 Å². The third-order valence-corrected chi connectivity index (χ3v) is 4.37. The van der Waals surface area contributed by atoms with Crippen LogP contribution in [0.1, 0.15) is 21.5 Å². The first-order chi connectivity index (χ1) is 11.6. The van der Waals surface area contributed by atoms with Gasteiger partial charge in [-0.1, -0.05) is 12.1 Å². The molecule has 0 saturated heterocycles. The number of aromatic nitrogens is 2. The van der Waals surface area contributed by atoms with E-state index < -0.39 is 0 Å². The lowest BCUT2D eigenvalue weighted by atomic mass is 9.97. The van der Waals surface area contributed by atoms with Gasteiger partial charge in [-0.15, -0.1) is 0 Å². The third kappa shape index (κ3) is 2.59. The maximum atomic E-state index is 12.1. The molecule has 0 atom stereocenters. The van der Waals surface area contributed by atoms with Crippen LogP contribution in [-0.4, -0.2) is 34.4 Å². The second kappa shape index (κ2) is 5.79. The van der Waals surface area contributed by atoms with E-state index in [-0.39, 0.29) is 11.2 Å². The monoisotopic (exact) mass is 342 g/mol. The number of anilines is 1. The normalized spacial score (nSPS) is 14.1. The number of hydrogen-bond donors (Lipinski definition) is 1. The smallest absolute Gasteiger partial charge is 0.253 e. The van der Waals surface area contributed by atoms with Crippen molar-refractivity contribution in [3.05, 3.63) is 52.5 Å². The number of benzene rings is 1. The number of halogens is 1. The molecule has 2 aromatic heterocycles. The zero-order chi connectivity index (χ0) is 16.7. The quantitative estimate of drug-likeness (QED) is 0.740. The molecule has 0 spiro atoms. The van der Waals surface area contributed by atoms with Gasteiger partial charge >= 0.3 is 0 Å². The third-order valence-electron chi connectivity index (χ3n) is 4.20. The number of fused-ring (bicyclic) bond motifs is 2. The number of amides is 1. The van der Waals surface area contributed by atoms with Gasteiger partial charge in [0.25, 0.3) is 5.91 Å². The van der Waals surface area contributed by atoms with Crippen molar-refractivity contribution in [2.45, 2.75) is 13.0 Å². The molecule has 0 unspecified atom stereocenters. The van der Waals surface area contributed by atoms with E-state index in [1.54, 1.807) is 17.2 Å². The minimum Gasteiger partial charge on any atom is -0.459 e. The molecule has 3 heterocycles. The van der Waals surface area contributed by atoms with Gasteiger partial charge in [0, 0.05) is 31.8 Å². The molecule has 0 fully saturated rings. The molecule has 24 heavy (non-hydrogen) atoms. The van der Waals surface area contributed by atoms with Gasteiger partial charge in [-0.05, 0) is 35.2 Å². The summed E-state index contributed by atoms with van der Waals surface area (Å²) in [6, 6.07) is 7.65. The molecule has 1 amide bonds. The maximum Gasteiger partial charge on any atom is 0.253 e. The average Bonchev–Trinajstić information content (AvgIpc) is 3.04. The fraction of sp³-hybridized carbons (Fsp3) is 0.235. The van der Waals surface area contributed by atoms with Crippen LogP contribution >= 0.6 is 11.6 Å². The molecule has 1 N–H and O–H groups in total. The molecular weight excluding hydrogens is 328 g/mol. The van der Waals surface area contributed by atoms with Crippen LogP contribution in [0.25, 0.3) is 11.1 Å². The van der Waals surface area contributed by atoms with Crippen LogP contribution in [0, 0.1) is 0 Å². The van der Waals surface area contributed by atoms with E-state index in [9.17, 15) is 4.79 Å². The number of likely N-dealkylation sites (N-methyl/N-ethyl adjacent to an activating group) is 1. The molecule has 0 saturated carbocycles. The number of carbonyl (C=O) groups is 1. The molecule has 4 rings (SSSR count). The fourth-order valence-electron chi connectivity index (χ4n) is 2.91. The van der Waals surface area contributed by atoms with Gasteiger partial charge in [0.15, 0.2) is 11.4 Å². The topological polar surface area (TPSA) is 71.3 Å². The Hall–Kier alpha value is -2.60. The number of nitrogens with one attached hydrogen (secondary N) is 1. The standard InChI is InChI=1S/C17H15ClN4O2/c1-22-6-4-11-8-10(2-3-12(11)16(22)23)9-19-15-14-13(5-7-24-14)20-17(18)21-15/h2-3,5,7-8H,4,6,9H2,1H3,(H,19,20,21). The zero-order valence-corrected chi connectivity index (χ0v) is 13.8. The lowest BCUT2D eigenvalue weighted by Crippen LogP contribution is -2.34. The predicted molar refractivity (Wildman–Crippen MR) is 91.2 cm³/mol. The number of carbonyl (C=O) groups excluding carboxylic acids is 1. The summed E-state index contributed by atoms with van der Waals surface area (Å²) in [5.41, 5.74) is 4.18. The molecular formula is C17H15ClN4O2. The van der Waals surface area contributed by atoms with Crippen LogP contribution in [0.4, 0.5) is 5.82 Å². The SMILES string of the molecule is CN1CCc2cc(CNc3nc(Cl)nc4ccoc34)ccc2C1=O. The van der Waals surface area contributed by atoms with Crippen molar-refractivity contribution in [2.75, 3.05) is 18.9 Å². The average molecular weight is 343 g/mol. The molecule has 122 valence electrons. The summed E-state index contributed by atoms with van der Waals surface area (Å²) in [4.78, 5) is 22.2. The summed E-state index contributed by atoms with van der Waals surface area (Å²) in [6.45, 7) is 1.30. The van der Waals surface area contributed by atoms with E-state index in [0.29, 0.717) is 23.5 Å². The van der Waals surface area contributed by atoms with Crippen LogP contribution in [0.3, 0.4) is 0 Å². The molecule has 1 aliphatic rings. The summed E-state index contributed by atoms with van der Waals surface area (Å²) in [7, 11) is 1.83. The highest BCUT2D eigenvalue weighted by Gasteiger charge is 2.21. The van der Waals surface area contributed by atoms with Gasteiger partial charge < -0.3 is 14.6 Å². The Kier molecular flexibility index (Phi) is 3.61. The number of hydrogen-bond acceptors (Lipinski definition) is 5. The minimum atomic E-state index is 0.0793. The Morgan fingerprint density at radius 2 is 2.21 bits per heavy atom. The van der Waals surface area contributed by atoms with Crippen molar-refractivity contribution in [1.82, 2.24) is 14.9 Å². The second-order valence-electron chi connectivity index (χ2n) is 5.80. The Bertz CT molecular complexity index is 937. The molecule has 3 aromatic rings. The van der Waals surface area contributed by atoms with Crippen molar-refractivity contribution in [2.24, 2.45) is 0 Å². The molecule has 1 aromatic carbocycles. The van der Waals surface area contributed by atoms with E-state index in [2.05, 4.69) is 21.4 Å². The molecule has 7 heteroatoms. The maximum absolute atomic E-state index is 12.1. The Labute approximate surface area is 143 Å². The fourth-order valence-corrected chi connectivity index (χ4v) is 3.08. The lowest BCUT2D eigenvalue weighted by Gasteiger charge is -2.25. The molecule has 0 bridgehead atoms. The largest absolute Gasteiger partial charge is 0.459 e. The second-order valence-corrected chi connectivity index (χ2v) is 6.14. The van der Waals surface area contributed by atoms with Crippen LogP contribution < -0.4 is 5.32 Å². The summed E-state index contributed by atoms with van der Waals surface area (Å²) in [6.07, 6.45) is 2.43. The summed E-state index contributed by atoms with van der Waals surface area (Å²) >= 11 is 5.94. The van der Waals surface area contributed by atoms with E-state index in [1.165, 1.54) is 0 Å². The van der Waals surface area contributed by atoms with Gasteiger partial charge in [0.2, 0.25) is 5.28 Å².